The smallest absolute Gasteiger partial charge is 0.108 e. The van der Waals surface area contributed by atoms with Crippen LogP contribution in [0.3, 0.4) is 0 Å². The number of benzene rings is 1. The van der Waals surface area contributed by atoms with Crippen molar-refractivity contribution in [2.45, 2.75) is 31.5 Å². The fourth-order valence-electron chi connectivity index (χ4n) is 3.07. The molecule has 4 heteroatoms. The Morgan fingerprint density at radius 2 is 2.14 bits per heavy atom. The van der Waals surface area contributed by atoms with E-state index in [4.69, 9.17) is 9.47 Å². The van der Waals surface area contributed by atoms with Crippen molar-refractivity contribution in [2.24, 2.45) is 0 Å². The average Bonchev–Trinajstić information content (AvgIpc) is 2.55. The molecule has 0 radical (unpaired) electrons. The molecule has 1 aromatic heterocycles. The molecule has 4 nitrogen and oxygen atoms in total. The van der Waals surface area contributed by atoms with E-state index in [1.54, 1.807) is 6.20 Å². The fourth-order valence-corrected chi connectivity index (χ4v) is 3.07. The van der Waals surface area contributed by atoms with Crippen molar-refractivity contribution >= 4 is 10.9 Å². The third kappa shape index (κ3) is 2.79. The maximum atomic E-state index is 10.9. The second-order valence-corrected chi connectivity index (χ2v) is 5.47. The molecular formula is C17H21NO3. The number of pyridine rings is 1. The summed E-state index contributed by atoms with van der Waals surface area (Å²) in [5.74, 6) is 0. The Hall–Kier alpha value is -1.49. The second kappa shape index (κ2) is 6.10. The molecule has 1 unspecified atom stereocenters. The lowest BCUT2D eigenvalue weighted by Crippen LogP contribution is -2.44. The van der Waals surface area contributed by atoms with Crippen LogP contribution in [0.5, 0.6) is 0 Å². The van der Waals surface area contributed by atoms with E-state index >= 15 is 0 Å². The summed E-state index contributed by atoms with van der Waals surface area (Å²) < 4.78 is 11.4. The highest BCUT2D eigenvalue weighted by Gasteiger charge is 2.41. The van der Waals surface area contributed by atoms with Crippen LogP contribution < -0.4 is 0 Å². The molecule has 1 atom stereocenters. The van der Waals surface area contributed by atoms with E-state index in [2.05, 4.69) is 4.98 Å². The van der Waals surface area contributed by atoms with Crippen molar-refractivity contribution in [3.8, 4) is 0 Å². The molecule has 2 aromatic rings. The van der Waals surface area contributed by atoms with Gasteiger partial charge in [-0.15, -0.1) is 0 Å². The van der Waals surface area contributed by atoms with E-state index in [0.717, 1.165) is 16.5 Å². The van der Waals surface area contributed by atoms with E-state index in [9.17, 15) is 5.11 Å². The first-order valence-electron chi connectivity index (χ1n) is 7.50. The van der Waals surface area contributed by atoms with Gasteiger partial charge >= 0.3 is 0 Å². The van der Waals surface area contributed by atoms with Crippen LogP contribution in [0.1, 0.15) is 31.4 Å². The topological polar surface area (TPSA) is 51.6 Å². The van der Waals surface area contributed by atoms with Gasteiger partial charge in [-0.1, -0.05) is 12.1 Å². The first-order valence-corrected chi connectivity index (χ1v) is 7.50. The standard InChI is InChI=1S/C17H21NO3/c1-2-21-17(7-10-20-11-8-17)16(19)14-5-6-15-13(12-14)4-3-9-18-15/h3-6,9,12,16,19H,2,7-8,10-11H2,1H3. The largest absolute Gasteiger partial charge is 0.385 e. The normalized spacial score (nSPS) is 19.5. The summed E-state index contributed by atoms with van der Waals surface area (Å²) in [5.41, 5.74) is 1.28. The van der Waals surface area contributed by atoms with Gasteiger partial charge in [-0.2, -0.15) is 0 Å². The van der Waals surface area contributed by atoms with Crippen LogP contribution in [0.25, 0.3) is 10.9 Å². The third-order valence-corrected chi connectivity index (χ3v) is 4.21. The Labute approximate surface area is 124 Å². The summed E-state index contributed by atoms with van der Waals surface area (Å²) in [7, 11) is 0. The van der Waals surface area contributed by atoms with Gasteiger partial charge < -0.3 is 14.6 Å². The zero-order valence-electron chi connectivity index (χ0n) is 12.3. The molecule has 0 saturated carbocycles. The van der Waals surface area contributed by atoms with Gasteiger partial charge in [0.05, 0.1) is 5.52 Å². The highest BCUT2D eigenvalue weighted by molar-refractivity contribution is 5.79. The van der Waals surface area contributed by atoms with Crippen molar-refractivity contribution in [1.82, 2.24) is 4.98 Å². The summed E-state index contributed by atoms with van der Waals surface area (Å²) in [6, 6.07) is 9.81. The molecule has 1 fully saturated rings. The minimum Gasteiger partial charge on any atom is -0.385 e. The van der Waals surface area contributed by atoms with Crippen LogP contribution in [0.2, 0.25) is 0 Å². The minimum atomic E-state index is -0.647. The summed E-state index contributed by atoms with van der Waals surface area (Å²) >= 11 is 0. The van der Waals surface area contributed by atoms with Crippen LogP contribution in [0, 0.1) is 0 Å². The molecule has 2 heterocycles. The quantitative estimate of drug-likeness (QED) is 0.939. The third-order valence-electron chi connectivity index (χ3n) is 4.21. The van der Waals surface area contributed by atoms with Gasteiger partial charge in [0.15, 0.2) is 0 Å². The first-order chi connectivity index (χ1) is 10.2. The molecule has 0 amide bonds. The number of ether oxygens (including phenoxy) is 2. The molecule has 1 N–H and O–H groups in total. The maximum absolute atomic E-state index is 10.9. The highest BCUT2D eigenvalue weighted by Crippen LogP contribution is 2.38. The molecule has 1 saturated heterocycles. The molecule has 0 aliphatic carbocycles. The number of fused-ring (bicyclic) bond motifs is 1. The van der Waals surface area contributed by atoms with Crippen molar-refractivity contribution in [1.29, 1.82) is 0 Å². The predicted molar refractivity (Wildman–Crippen MR) is 81.1 cm³/mol. The van der Waals surface area contributed by atoms with Gasteiger partial charge in [0.25, 0.3) is 0 Å². The SMILES string of the molecule is CCOC1(C(O)c2ccc3ncccc3c2)CCOCC1. The second-order valence-electron chi connectivity index (χ2n) is 5.47. The molecule has 0 spiro atoms. The van der Waals surface area contributed by atoms with E-state index in [0.29, 0.717) is 32.7 Å². The number of rotatable bonds is 4. The van der Waals surface area contributed by atoms with Gasteiger partial charge in [0.2, 0.25) is 0 Å². The molecule has 112 valence electrons. The highest BCUT2D eigenvalue weighted by atomic mass is 16.5. The van der Waals surface area contributed by atoms with Gasteiger partial charge in [-0.3, -0.25) is 4.98 Å². The van der Waals surface area contributed by atoms with Crippen molar-refractivity contribution in [3.05, 3.63) is 42.1 Å². The zero-order valence-corrected chi connectivity index (χ0v) is 12.3. The Balaban J connectivity index is 1.95. The summed E-state index contributed by atoms with van der Waals surface area (Å²) in [6.07, 6.45) is 2.56. The number of hydrogen-bond donors (Lipinski definition) is 1. The van der Waals surface area contributed by atoms with Crippen molar-refractivity contribution in [2.75, 3.05) is 19.8 Å². The number of aliphatic hydroxyl groups is 1. The Morgan fingerprint density at radius 1 is 1.33 bits per heavy atom. The van der Waals surface area contributed by atoms with Crippen molar-refractivity contribution < 1.29 is 14.6 Å². The number of aliphatic hydroxyl groups excluding tert-OH is 1. The van der Waals surface area contributed by atoms with E-state index < -0.39 is 11.7 Å². The molecule has 1 aliphatic heterocycles. The summed E-state index contributed by atoms with van der Waals surface area (Å²) in [4.78, 5) is 4.31. The van der Waals surface area contributed by atoms with Crippen LogP contribution >= 0.6 is 0 Å². The van der Waals surface area contributed by atoms with Crippen molar-refractivity contribution in [3.63, 3.8) is 0 Å². The predicted octanol–water partition coefficient (Wildman–Crippen LogP) is 2.85. The summed E-state index contributed by atoms with van der Waals surface area (Å²) in [5, 5.41) is 11.9. The van der Waals surface area contributed by atoms with Crippen LogP contribution in [0.15, 0.2) is 36.5 Å². The Bertz CT molecular complexity index is 602. The van der Waals surface area contributed by atoms with Gasteiger partial charge in [0, 0.05) is 44.2 Å². The number of hydrogen-bond acceptors (Lipinski definition) is 4. The van der Waals surface area contributed by atoms with E-state index in [1.807, 2.05) is 37.3 Å². The van der Waals surface area contributed by atoms with Crippen LogP contribution in [-0.4, -0.2) is 35.5 Å². The van der Waals surface area contributed by atoms with Crippen LogP contribution in [-0.2, 0) is 9.47 Å². The first kappa shape index (κ1) is 14.4. The van der Waals surface area contributed by atoms with Gasteiger partial charge in [-0.25, -0.2) is 0 Å². The molecule has 0 bridgehead atoms. The van der Waals surface area contributed by atoms with E-state index in [1.165, 1.54) is 0 Å². The maximum Gasteiger partial charge on any atom is 0.108 e. The lowest BCUT2D eigenvalue weighted by atomic mass is 9.84. The van der Waals surface area contributed by atoms with E-state index in [-0.39, 0.29) is 0 Å². The monoisotopic (exact) mass is 287 g/mol. The molecule has 1 aliphatic rings. The van der Waals surface area contributed by atoms with Gasteiger partial charge in [-0.05, 0) is 30.7 Å². The molecule has 21 heavy (non-hydrogen) atoms. The fraction of sp³-hybridized carbons (Fsp3) is 0.471. The molecule has 3 rings (SSSR count). The number of nitrogens with zero attached hydrogens (tertiary/aromatic N) is 1. The lowest BCUT2D eigenvalue weighted by molar-refractivity contribution is -0.167. The summed E-state index contributed by atoms with van der Waals surface area (Å²) in [6.45, 7) is 3.82. The Kier molecular flexibility index (Phi) is 4.19. The minimum absolute atomic E-state index is 0.539. The lowest BCUT2D eigenvalue weighted by Gasteiger charge is -2.40. The molecule has 1 aromatic carbocycles. The van der Waals surface area contributed by atoms with Crippen LogP contribution in [0.4, 0.5) is 0 Å². The Morgan fingerprint density at radius 3 is 2.90 bits per heavy atom. The average molecular weight is 287 g/mol. The molecular weight excluding hydrogens is 266 g/mol. The zero-order chi connectivity index (χ0) is 14.7. The van der Waals surface area contributed by atoms with Gasteiger partial charge in [0.1, 0.15) is 11.7 Å². The number of aromatic nitrogens is 1.